The van der Waals surface area contributed by atoms with Crippen LogP contribution in [0.4, 0.5) is 0 Å². The van der Waals surface area contributed by atoms with Gasteiger partial charge in [-0.3, -0.25) is 4.90 Å². The normalized spacial score (nSPS) is 26.7. The van der Waals surface area contributed by atoms with Gasteiger partial charge in [-0.25, -0.2) is 0 Å². The first-order valence-corrected chi connectivity index (χ1v) is 7.59. The van der Waals surface area contributed by atoms with Gasteiger partial charge in [-0.2, -0.15) is 0 Å². The molecule has 0 aromatic carbocycles. The Morgan fingerprint density at radius 2 is 1.44 bits per heavy atom. The minimum atomic E-state index is 0.445. The molecule has 0 aromatic rings. The Kier molecular flexibility index (Phi) is 4.68. The maximum absolute atomic E-state index is 2.73. The first-order valence-electron chi connectivity index (χ1n) is 7.59. The summed E-state index contributed by atoms with van der Waals surface area (Å²) in [6.45, 7) is 16.0. The topological polar surface area (TPSA) is 9.72 Å². The summed E-state index contributed by atoms with van der Waals surface area (Å²) in [6.07, 6.45) is 2.75. The molecule has 2 aliphatic heterocycles. The number of piperazine rings is 1. The molecule has 0 N–H and O–H groups in total. The summed E-state index contributed by atoms with van der Waals surface area (Å²) in [4.78, 5) is 7.84. The van der Waals surface area contributed by atoms with Gasteiger partial charge < -0.3 is 9.80 Å². The van der Waals surface area contributed by atoms with Crippen LogP contribution in [0.15, 0.2) is 0 Å². The molecule has 3 heteroatoms. The Morgan fingerprint density at radius 1 is 0.889 bits per heavy atom. The van der Waals surface area contributed by atoms with Crippen molar-refractivity contribution in [2.75, 3.05) is 52.9 Å². The van der Waals surface area contributed by atoms with Crippen molar-refractivity contribution < 1.29 is 0 Å². The van der Waals surface area contributed by atoms with Crippen LogP contribution in [-0.2, 0) is 0 Å². The molecule has 0 spiro atoms. The van der Waals surface area contributed by atoms with Gasteiger partial charge in [0.05, 0.1) is 0 Å². The summed E-state index contributed by atoms with van der Waals surface area (Å²) in [6, 6.07) is 0.856. The van der Waals surface area contributed by atoms with Gasteiger partial charge in [-0.05, 0) is 38.4 Å². The first kappa shape index (κ1) is 14.3. The van der Waals surface area contributed by atoms with Crippen molar-refractivity contribution in [1.82, 2.24) is 14.7 Å². The Hall–Kier alpha value is -0.120. The zero-order valence-electron chi connectivity index (χ0n) is 12.8. The van der Waals surface area contributed by atoms with Crippen LogP contribution in [0.5, 0.6) is 0 Å². The fourth-order valence-corrected chi connectivity index (χ4v) is 3.30. The van der Waals surface area contributed by atoms with Crippen LogP contribution in [0.25, 0.3) is 0 Å². The minimum Gasteiger partial charge on any atom is -0.304 e. The Labute approximate surface area is 113 Å². The van der Waals surface area contributed by atoms with E-state index in [1.54, 1.807) is 0 Å². The van der Waals surface area contributed by atoms with Crippen molar-refractivity contribution in [1.29, 1.82) is 0 Å². The molecule has 0 aromatic heterocycles. The molecule has 2 saturated heterocycles. The average Bonchev–Trinajstić information content (AvgIpc) is 2.29. The second-order valence-electron chi connectivity index (χ2n) is 7.41. The van der Waals surface area contributed by atoms with Gasteiger partial charge >= 0.3 is 0 Å². The highest BCUT2D eigenvalue weighted by molar-refractivity contribution is 4.84. The number of rotatable bonds is 2. The van der Waals surface area contributed by atoms with Crippen LogP contribution < -0.4 is 0 Å². The third-order valence-corrected chi connectivity index (χ3v) is 4.31. The first-order chi connectivity index (χ1) is 8.44. The third kappa shape index (κ3) is 4.22. The molecule has 3 nitrogen and oxygen atoms in total. The lowest BCUT2D eigenvalue weighted by Crippen LogP contribution is -2.52. The average molecular weight is 253 g/mol. The largest absolute Gasteiger partial charge is 0.304 e. The summed E-state index contributed by atoms with van der Waals surface area (Å²) in [5, 5.41) is 0. The molecule has 0 bridgehead atoms. The van der Waals surface area contributed by atoms with E-state index in [-0.39, 0.29) is 0 Å². The quantitative estimate of drug-likeness (QED) is 0.742. The lowest BCUT2D eigenvalue weighted by Gasteiger charge is -2.43. The van der Waals surface area contributed by atoms with Gasteiger partial charge in [0.15, 0.2) is 0 Å². The molecule has 2 rings (SSSR count). The number of likely N-dealkylation sites (N-methyl/N-ethyl adjacent to an activating group) is 1. The summed E-state index contributed by atoms with van der Waals surface area (Å²) in [7, 11) is 2.24. The van der Waals surface area contributed by atoms with E-state index in [0.717, 1.165) is 6.04 Å². The van der Waals surface area contributed by atoms with E-state index in [1.165, 1.54) is 58.7 Å². The van der Waals surface area contributed by atoms with Gasteiger partial charge in [0.1, 0.15) is 0 Å². The monoisotopic (exact) mass is 253 g/mol. The van der Waals surface area contributed by atoms with E-state index in [0.29, 0.717) is 5.41 Å². The molecule has 0 atom stereocenters. The molecule has 2 aliphatic rings. The summed E-state index contributed by atoms with van der Waals surface area (Å²) in [5.41, 5.74) is 0.445. The van der Waals surface area contributed by atoms with Crippen LogP contribution in [0, 0.1) is 5.41 Å². The number of hydrogen-bond donors (Lipinski definition) is 0. The molecule has 0 saturated carbocycles. The number of likely N-dealkylation sites (tertiary alicyclic amines) is 1. The third-order valence-electron chi connectivity index (χ3n) is 4.31. The molecule has 0 amide bonds. The minimum absolute atomic E-state index is 0.445. The zero-order chi connectivity index (χ0) is 13.2. The predicted molar refractivity (Wildman–Crippen MR) is 78.0 cm³/mol. The van der Waals surface area contributed by atoms with Crippen LogP contribution in [0.1, 0.15) is 33.6 Å². The number of nitrogens with zero attached hydrogens (tertiary/aromatic N) is 3. The van der Waals surface area contributed by atoms with E-state index in [9.17, 15) is 0 Å². The van der Waals surface area contributed by atoms with Crippen LogP contribution >= 0.6 is 0 Å². The molecule has 0 unspecified atom stereocenters. The molecule has 0 radical (unpaired) electrons. The second kappa shape index (κ2) is 5.89. The number of piperidine rings is 1. The Balaban J connectivity index is 1.73. The van der Waals surface area contributed by atoms with E-state index in [4.69, 9.17) is 0 Å². The van der Waals surface area contributed by atoms with Gasteiger partial charge in [0, 0.05) is 38.8 Å². The van der Waals surface area contributed by atoms with Crippen LogP contribution in [0.3, 0.4) is 0 Å². The highest BCUT2D eigenvalue weighted by atomic mass is 15.3. The van der Waals surface area contributed by atoms with Crippen LogP contribution in [0.2, 0.25) is 0 Å². The van der Waals surface area contributed by atoms with E-state index < -0.39 is 0 Å². The SMILES string of the molecule is CN1CCN(C2CCN(CC(C)(C)C)CC2)CC1. The molecule has 2 fully saturated rings. The van der Waals surface area contributed by atoms with Gasteiger partial charge in [-0.1, -0.05) is 20.8 Å². The fraction of sp³-hybridized carbons (Fsp3) is 1.00. The maximum atomic E-state index is 2.73. The standard InChI is InChI=1S/C15H31N3/c1-15(2,3)13-17-7-5-14(6-8-17)18-11-9-16(4)10-12-18/h14H,5-13H2,1-4H3. The summed E-state index contributed by atoms with van der Waals surface area (Å²) < 4.78 is 0. The van der Waals surface area contributed by atoms with Crippen molar-refractivity contribution in [3.63, 3.8) is 0 Å². The van der Waals surface area contributed by atoms with E-state index >= 15 is 0 Å². The Bertz CT molecular complexity index is 243. The van der Waals surface area contributed by atoms with Gasteiger partial charge in [0.25, 0.3) is 0 Å². The number of hydrogen-bond acceptors (Lipinski definition) is 3. The smallest absolute Gasteiger partial charge is 0.0121 e. The van der Waals surface area contributed by atoms with E-state index in [2.05, 4.69) is 42.5 Å². The lowest BCUT2D eigenvalue weighted by atomic mass is 9.94. The van der Waals surface area contributed by atoms with Gasteiger partial charge in [0.2, 0.25) is 0 Å². The van der Waals surface area contributed by atoms with Crippen molar-refractivity contribution in [2.45, 2.75) is 39.7 Å². The second-order valence-corrected chi connectivity index (χ2v) is 7.41. The van der Waals surface area contributed by atoms with Crippen molar-refractivity contribution >= 4 is 0 Å². The lowest BCUT2D eigenvalue weighted by molar-refractivity contribution is 0.0581. The fourth-order valence-electron chi connectivity index (χ4n) is 3.30. The molecular weight excluding hydrogens is 222 g/mol. The Morgan fingerprint density at radius 3 is 1.94 bits per heavy atom. The highest BCUT2D eigenvalue weighted by Gasteiger charge is 2.27. The van der Waals surface area contributed by atoms with Crippen molar-refractivity contribution in [3.8, 4) is 0 Å². The predicted octanol–water partition coefficient (Wildman–Crippen LogP) is 1.74. The zero-order valence-corrected chi connectivity index (χ0v) is 12.8. The highest BCUT2D eigenvalue weighted by Crippen LogP contribution is 2.22. The molecule has 0 aliphatic carbocycles. The molecule has 18 heavy (non-hydrogen) atoms. The van der Waals surface area contributed by atoms with Crippen molar-refractivity contribution in [2.24, 2.45) is 5.41 Å². The van der Waals surface area contributed by atoms with Crippen molar-refractivity contribution in [3.05, 3.63) is 0 Å². The maximum Gasteiger partial charge on any atom is 0.0121 e. The molecule has 106 valence electrons. The summed E-state index contributed by atoms with van der Waals surface area (Å²) in [5.74, 6) is 0. The van der Waals surface area contributed by atoms with Gasteiger partial charge in [-0.15, -0.1) is 0 Å². The van der Waals surface area contributed by atoms with E-state index in [1.807, 2.05) is 0 Å². The summed E-state index contributed by atoms with van der Waals surface area (Å²) >= 11 is 0. The van der Waals surface area contributed by atoms with Crippen LogP contribution in [-0.4, -0.2) is 73.6 Å². The molecular formula is C15H31N3. The molecule has 2 heterocycles.